The van der Waals surface area contributed by atoms with Crippen molar-refractivity contribution in [3.05, 3.63) is 0 Å². The Balaban J connectivity index is 1.71. The first-order chi connectivity index (χ1) is 9.66. The maximum Gasteiger partial charge on any atom is 0.235 e. The van der Waals surface area contributed by atoms with Gasteiger partial charge in [0.2, 0.25) is 5.91 Å². The van der Waals surface area contributed by atoms with Crippen LogP contribution in [0.1, 0.15) is 71.6 Å². The molecule has 0 aromatic rings. The molecule has 0 spiro atoms. The van der Waals surface area contributed by atoms with E-state index in [1.165, 1.54) is 44.9 Å². The fourth-order valence-electron chi connectivity index (χ4n) is 3.60. The summed E-state index contributed by atoms with van der Waals surface area (Å²) in [5.41, 5.74) is 3.35. The number of hydrazine groups is 1. The molecule has 2 unspecified atom stereocenters. The van der Waals surface area contributed by atoms with Gasteiger partial charge in [-0.15, -0.1) is 0 Å². The third-order valence-electron chi connectivity index (χ3n) is 4.84. The number of nitrogens with zero attached hydrogens (tertiary/aromatic N) is 1. The molecule has 4 nitrogen and oxygen atoms in total. The number of carbonyl (C=O) groups is 1. The van der Waals surface area contributed by atoms with Gasteiger partial charge in [0.25, 0.3) is 0 Å². The maximum atomic E-state index is 12.1. The van der Waals surface area contributed by atoms with Crippen LogP contribution in [0.4, 0.5) is 0 Å². The molecular formula is C16H31N3O. The van der Waals surface area contributed by atoms with Crippen molar-refractivity contribution in [3.63, 3.8) is 0 Å². The Hall–Kier alpha value is -0.610. The van der Waals surface area contributed by atoms with Gasteiger partial charge in [0.05, 0.1) is 6.54 Å². The van der Waals surface area contributed by atoms with E-state index in [9.17, 15) is 4.79 Å². The molecule has 0 aromatic heterocycles. The minimum Gasteiger partial charge on any atom is -0.352 e. The second kappa shape index (κ2) is 7.99. The second-order valence-corrected chi connectivity index (χ2v) is 6.63. The van der Waals surface area contributed by atoms with E-state index in [1.54, 1.807) is 0 Å². The largest absolute Gasteiger partial charge is 0.352 e. The molecule has 1 amide bonds. The Kier molecular flexibility index (Phi) is 6.30. The molecule has 1 saturated carbocycles. The van der Waals surface area contributed by atoms with Crippen LogP contribution in [-0.4, -0.2) is 35.6 Å². The van der Waals surface area contributed by atoms with Crippen molar-refractivity contribution in [3.8, 4) is 0 Å². The van der Waals surface area contributed by atoms with E-state index in [4.69, 9.17) is 0 Å². The summed E-state index contributed by atoms with van der Waals surface area (Å²) in [6.45, 7) is 4.91. The number of hydrogen-bond donors (Lipinski definition) is 2. The zero-order valence-corrected chi connectivity index (χ0v) is 13.2. The summed E-state index contributed by atoms with van der Waals surface area (Å²) in [5.74, 6) is 0.155. The van der Waals surface area contributed by atoms with Gasteiger partial charge in [-0.05, 0) is 39.5 Å². The lowest BCUT2D eigenvalue weighted by molar-refractivity contribution is -0.122. The van der Waals surface area contributed by atoms with E-state index < -0.39 is 0 Å². The third-order valence-corrected chi connectivity index (χ3v) is 4.84. The number of hydrogen-bond acceptors (Lipinski definition) is 3. The van der Waals surface area contributed by atoms with Crippen LogP contribution in [0.25, 0.3) is 0 Å². The Morgan fingerprint density at radius 1 is 0.950 bits per heavy atom. The zero-order valence-electron chi connectivity index (χ0n) is 13.2. The Morgan fingerprint density at radius 3 is 2.15 bits per heavy atom. The monoisotopic (exact) mass is 281 g/mol. The molecule has 1 saturated heterocycles. The fraction of sp³-hybridized carbons (Fsp3) is 0.938. The molecule has 0 aromatic carbocycles. The van der Waals surface area contributed by atoms with Gasteiger partial charge >= 0.3 is 0 Å². The normalized spacial score (nSPS) is 29.9. The van der Waals surface area contributed by atoms with Gasteiger partial charge in [-0.2, -0.15) is 0 Å². The second-order valence-electron chi connectivity index (χ2n) is 6.63. The molecule has 1 heterocycles. The molecule has 1 aliphatic heterocycles. The molecule has 0 radical (unpaired) electrons. The van der Waals surface area contributed by atoms with Crippen LogP contribution in [0.2, 0.25) is 0 Å². The summed E-state index contributed by atoms with van der Waals surface area (Å²) in [5, 5.41) is 5.47. The fourth-order valence-corrected chi connectivity index (χ4v) is 3.60. The molecule has 2 aliphatic rings. The highest BCUT2D eigenvalue weighted by atomic mass is 16.2. The lowest BCUT2D eigenvalue weighted by Gasteiger charge is -2.39. The van der Waals surface area contributed by atoms with E-state index in [-0.39, 0.29) is 5.91 Å². The smallest absolute Gasteiger partial charge is 0.235 e. The standard InChI is InChI=1S/C16H31N3O/c1-13-8-7-9-14(2)19(13)17-12-16(20)18-15-10-5-3-4-6-11-15/h13-15,17H,3-12H2,1-2H3,(H,18,20). The van der Waals surface area contributed by atoms with E-state index in [0.717, 1.165) is 12.8 Å². The highest BCUT2D eigenvalue weighted by Gasteiger charge is 2.25. The summed E-state index contributed by atoms with van der Waals surface area (Å²) in [7, 11) is 0. The molecule has 1 aliphatic carbocycles. The number of amides is 1. The number of carbonyl (C=O) groups excluding carboxylic acids is 1. The molecule has 2 rings (SSSR count). The van der Waals surface area contributed by atoms with E-state index in [1.807, 2.05) is 0 Å². The van der Waals surface area contributed by atoms with Gasteiger partial charge in [0, 0.05) is 18.1 Å². The van der Waals surface area contributed by atoms with Crippen molar-refractivity contribution < 1.29 is 4.79 Å². The molecular weight excluding hydrogens is 250 g/mol. The molecule has 4 heteroatoms. The van der Waals surface area contributed by atoms with Crippen molar-refractivity contribution in [2.45, 2.75) is 89.8 Å². The summed E-state index contributed by atoms with van der Waals surface area (Å²) in [6, 6.07) is 1.47. The first kappa shape index (κ1) is 15.8. The SMILES string of the molecule is CC1CCCC(C)N1NCC(=O)NC1CCCCCC1. The number of piperidine rings is 1. The van der Waals surface area contributed by atoms with Crippen LogP contribution in [0.15, 0.2) is 0 Å². The van der Waals surface area contributed by atoms with Gasteiger partial charge < -0.3 is 5.32 Å². The highest BCUT2D eigenvalue weighted by Crippen LogP contribution is 2.20. The van der Waals surface area contributed by atoms with Crippen LogP contribution in [-0.2, 0) is 4.79 Å². The lowest BCUT2D eigenvalue weighted by atomic mass is 10.00. The van der Waals surface area contributed by atoms with Gasteiger partial charge in [-0.1, -0.05) is 32.1 Å². The van der Waals surface area contributed by atoms with E-state index >= 15 is 0 Å². The summed E-state index contributed by atoms with van der Waals surface area (Å²) in [6.07, 6.45) is 11.2. The molecule has 2 N–H and O–H groups in total. The molecule has 20 heavy (non-hydrogen) atoms. The van der Waals surface area contributed by atoms with Gasteiger partial charge in [-0.3, -0.25) is 4.79 Å². The first-order valence-corrected chi connectivity index (χ1v) is 8.48. The molecule has 2 fully saturated rings. The topological polar surface area (TPSA) is 44.4 Å². The minimum absolute atomic E-state index is 0.155. The van der Waals surface area contributed by atoms with Gasteiger partial charge in [0.15, 0.2) is 0 Å². The van der Waals surface area contributed by atoms with Crippen molar-refractivity contribution in [1.82, 2.24) is 15.8 Å². The van der Waals surface area contributed by atoms with Gasteiger partial charge in [-0.25, -0.2) is 10.4 Å². The molecule has 116 valence electrons. The Bertz CT molecular complexity index is 290. The van der Waals surface area contributed by atoms with Gasteiger partial charge in [0.1, 0.15) is 0 Å². The van der Waals surface area contributed by atoms with E-state index in [0.29, 0.717) is 24.7 Å². The highest BCUT2D eigenvalue weighted by molar-refractivity contribution is 5.78. The van der Waals surface area contributed by atoms with Crippen LogP contribution < -0.4 is 10.7 Å². The zero-order chi connectivity index (χ0) is 14.4. The van der Waals surface area contributed by atoms with Crippen molar-refractivity contribution in [1.29, 1.82) is 0 Å². The van der Waals surface area contributed by atoms with Crippen LogP contribution in [0, 0.1) is 0 Å². The third kappa shape index (κ3) is 4.74. The average Bonchev–Trinajstić information content (AvgIpc) is 2.67. The minimum atomic E-state index is 0.155. The Morgan fingerprint density at radius 2 is 1.55 bits per heavy atom. The van der Waals surface area contributed by atoms with Crippen molar-refractivity contribution in [2.24, 2.45) is 0 Å². The number of rotatable bonds is 4. The van der Waals surface area contributed by atoms with Crippen molar-refractivity contribution >= 4 is 5.91 Å². The predicted molar refractivity (Wildman–Crippen MR) is 82.2 cm³/mol. The quantitative estimate of drug-likeness (QED) is 0.779. The van der Waals surface area contributed by atoms with Crippen LogP contribution in [0.3, 0.4) is 0 Å². The predicted octanol–water partition coefficient (Wildman–Crippen LogP) is 2.59. The lowest BCUT2D eigenvalue weighted by Crippen LogP contribution is -2.54. The number of nitrogens with one attached hydrogen (secondary N) is 2. The first-order valence-electron chi connectivity index (χ1n) is 8.48. The van der Waals surface area contributed by atoms with E-state index in [2.05, 4.69) is 29.6 Å². The van der Waals surface area contributed by atoms with Crippen LogP contribution >= 0.6 is 0 Å². The Labute approximate surface area is 123 Å². The summed E-state index contributed by atoms with van der Waals surface area (Å²) >= 11 is 0. The average molecular weight is 281 g/mol. The summed E-state index contributed by atoms with van der Waals surface area (Å²) < 4.78 is 0. The summed E-state index contributed by atoms with van der Waals surface area (Å²) in [4.78, 5) is 12.1. The molecule has 2 atom stereocenters. The van der Waals surface area contributed by atoms with Crippen LogP contribution in [0.5, 0.6) is 0 Å². The molecule has 0 bridgehead atoms. The maximum absolute atomic E-state index is 12.1. The van der Waals surface area contributed by atoms with Crippen molar-refractivity contribution in [2.75, 3.05) is 6.54 Å².